The van der Waals surface area contributed by atoms with E-state index in [2.05, 4.69) is 10.1 Å². The van der Waals surface area contributed by atoms with E-state index in [4.69, 9.17) is 9.84 Å². The van der Waals surface area contributed by atoms with Crippen molar-refractivity contribution in [3.05, 3.63) is 0 Å². The van der Waals surface area contributed by atoms with Gasteiger partial charge in [-0.2, -0.15) is 0 Å². The Morgan fingerprint density at radius 3 is 2.53 bits per heavy atom. The van der Waals surface area contributed by atoms with Gasteiger partial charge in [-0.05, 0) is 19.3 Å². The number of ether oxygens (including phenoxy) is 2. The van der Waals surface area contributed by atoms with Gasteiger partial charge >= 0.3 is 11.9 Å². The summed E-state index contributed by atoms with van der Waals surface area (Å²) in [6.45, 7) is 1.02. The Morgan fingerprint density at radius 2 is 2.00 bits per heavy atom. The molecule has 1 amide bonds. The first-order valence-corrected chi connectivity index (χ1v) is 6.22. The summed E-state index contributed by atoms with van der Waals surface area (Å²) in [6.07, 6.45) is 1.17. The van der Waals surface area contributed by atoms with Gasteiger partial charge < -0.3 is 19.9 Å². The topological polar surface area (TPSA) is 102 Å². The van der Waals surface area contributed by atoms with E-state index in [0.29, 0.717) is 26.1 Å². The highest BCUT2D eigenvalue weighted by molar-refractivity contribution is 5.85. The SMILES string of the molecule is COC(=O)CC[C@H](NC(=O)C1CCOCC1)C(=O)O. The van der Waals surface area contributed by atoms with E-state index >= 15 is 0 Å². The van der Waals surface area contributed by atoms with Gasteiger partial charge in [0.05, 0.1) is 7.11 Å². The maximum Gasteiger partial charge on any atom is 0.326 e. The summed E-state index contributed by atoms with van der Waals surface area (Å²) in [5, 5.41) is 11.5. The van der Waals surface area contributed by atoms with Crippen LogP contribution in [0, 0.1) is 5.92 Å². The zero-order chi connectivity index (χ0) is 14.3. The van der Waals surface area contributed by atoms with E-state index in [1.807, 2.05) is 0 Å². The summed E-state index contributed by atoms with van der Waals surface area (Å²) in [5.74, 6) is -2.15. The van der Waals surface area contributed by atoms with Crippen LogP contribution in [0.15, 0.2) is 0 Å². The van der Waals surface area contributed by atoms with Crippen molar-refractivity contribution < 1.29 is 29.0 Å². The van der Waals surface area contributed by atoms with Crippen LogP contribution in [0.25, 0.3) is 0 Å². The molecule has 0 aliphatic carbocycles. The third kappa shape index (κ3) is 5.25. The van der Waals surface area contributed by atoms with Crippen LogP contribution >= 0.6 is 0 Å². The quantitative estimate of drug-likeness (QED) is 0.657. The average molecular weight is 273 g/mol. The van der Waals surface area contributed by atoms with Crippen molar-refractivity contribution in [2.24, 2.45) is 5.92 Å². The summed E-state index contributed by atoms with van der Waals surface area (Å²) < 4.78 is 9.58. The van der Waals surface area contributed by atoms with Gasteiger partial charge in [-0.1, -0.05) is 0 Å². The van der Waals surface area contributed by atoms with Gasteiger partial charge in [0.25, 0.3) is 0 Å². The molecule has 1 fully saturated rings. The predicted octanol–water partition coefficient (Wildman–Crippen LogP) is -0.0644. The van der Waals surface area contributed by atoms with Crippen LogP contribution in [-0.4, -0.2) is 49.3 Å². The molecule has 0 unspecified atom stereocenters. The van der Waals surface area contributed by atoms with Crippen molar-refractivity contribution in [1.29, 1.82) is 0 Å². The van der Waals surface area contributed by atoms with Gasteiger partial charge in [-0.3, -0.25) is 9.59 Å². The van der Waals surface area contributed by atoms with Crippen LogP contribution in [-0.2, 0) is 23.9 Å². The second-order valence-electron chi connectivity index (χ2n) is 4.40. The van der Waals surface area contributed by atoms with E-state index in [9.17, 15) is 14.4 Å². The van der Waals surface area contributed by atoms with E-state index in [0.717, 1.165) is 0 Å². The average Bonchev–Trinajstić information content (AvgIpc) is 2.43. The maximum absolute atomic E-state index is 11.9. The van der Waals surface area contributed by atoms with Crippen molar-refractivity contribution in [2.75, 3.05) is 20.3 Å². The van der Waals surface area contributed by atoms with E-state index in [-0.39, 0.29) is 24.7 Å². The Balaban J connectivity index is 2.45. The molecule has 0 radical (unpaired) electrons. The van der Waals surface area contributed by atoms with Crippen LogP contribution < -0.4 is 5.32 Å². The molecule has 0 bridgehead atoms. The number of carbonyl (C=O) groups excluding carboxylic acids is 2. The van der Waals surface area contributed by atoms with Crippen LogP contribution in [0.5, 0.6) is 0 Å². The number of carbonyl (C=O) groups is 3. The largest absolute Gasteiger partial charge is 0.480 e. The Morgan fingerprint density at radius 1 is 1.37 bits per heavy atom. The van der Waals surface area contributed by atoms with Crippen molar-refractivity contribution >= 4 is 17.8 Å². The molecule has 1 aliphatic rings. The third-order valence-electron chi connectivity index (χ3n) is 3.07. The molecular weight excluding hydrogens is 254 g/mol. The van der Waals surface area contributed by atoms with Gasteiger partial charge in [0.2, 0.25) is 5.91 Å². The molecule has 1 saturated heterocycles. The minimum Gasteiger partial charge on any atom is -0.480 e. The van der Waals surface area contributed by atoms with Crippen LogP contribution in [0.1, 0.15) is 25.7 Å². The molecule has 7 nitrogen and oxygen atoms in total. The molecule has 1 heterocycles. The van der Waals surface area contributed by atoms with Crippen LogP contribution in [0.4, 0.5) is 0 Å². The molecule has 1 rings (SSSR count). The van der Waals surface area contributed by atoms with Gasteiger partial charge in [-0.25, -0.2) is 4.79 Å². The highest BCUT2D eigenvalue weighted by atomic mass is 16.5. The fraction of sp³-hybridized carbons (Fsp3) is 0.750. The van der Waals surface area contributed by atoms with Gasteiger partial charge in [0, 0.05) is 25.6 Å². The van der Waals surface area contributed by atoms with Gasteiger partial charge in [0.15, 0.2) is 0 Å². The number of aliphatic carboxylic acids is 1. The zero-order valence-corrected chi connectivity index (χ0v) is 10.9. The number of amides is 1. The van der Waals surface area contributed by atoms with E-state index in [1.165, 1.54) is 7.11 Å². The number of rotatable bonds is 6. The summed E-state index contributed by atoms with van der Waals surface area (Å²) in [7, 11) is 1.23. The Labute approximate surface area is 111 Å². The number of esters is 1. The first-order valence-electron chi connectivity index (χ1n) is 6.22. The lowest BCUT2D eigenvalue weighted by Gasteiger charge is -2.23. The monoisotopic (exact) mass is 273 g/mol. The second kappa shape index (κ2) is 7.73. The third-order valence-corrected chi connectivity index (χ3v) is 3.07. The van der Waals surface area contributed by atoms with Crippen molar-refractivity contribution in [3.63, 3.8) is 0 Å². The normalized spacial score (nSPS) is 17.5. The van der Waals surface area contributed by atoms with Crippen molar-refractivity contribution in [2.45, 2.75) is 31.7 Å². The number of carboxylic acid groups (broad SMARTS) is 1. The lowest BCUT2D eigenvalue weighted by Crippen LogP contribution is -2.45. The first-order chi connectivity index (χ1) is 9.04. The maximum atomic E-state index is 11.9. The fourth-order valence-corrected chi connectivity index (χ4v) is 1.87. The molecule has 2 N–H and O–H groups in total. The van der Waals surface area contributed by atoms with Crippen molar-refractivity contribution in [3.8, 4) is 0 Å². The minimum atomic E-state index is -1.15. The molecule has 1 atom stereocenters. The Hall–Kier alpha value is -1.63. The Bertz CT molecular complexity index is 337. The highest BCUT2D eigenvalue weighted by Gasteiger charge is 2.27. The molecule has 0 spiro atoms. The second-order valence-corrected chi connectivity index (χ2v) is 4.40. The molecule has 1 aliphatic heterocycles. The molecular formula is C12H19NO6. The molecule has 0 saturated carbocycles. The van der Waals surface area contributed by atoms with Gasteiger partial charge in [0.1, 0.15) is 6.04 Å². The highest BCUT2D eigenvalue weighted by Crippen LogP contribution is 2.15. The van der Waals surface area contributed by atoms with Crippen molar-refractivity contribution in [1.82, 2.24) is 5.32 Å². The molecule has 7 heteroatoms. The first kappa shape index (κ1) is 15.4. The van der Waals surface area contributed by atoms with Crippen LogP contribution in [0.3, 0.4) is 0 Å². The number of hydrogen-bond acceptors (Lipinski definition) is 5. The smallest absolute Gasteiger partial charge is 0.326 e. The predicted molar refractivity (Wildman–Crippen MR) is 64.4 cm³/mol. The van der Waals surface area contributed by atoms with Gasteiger partial charge in [-0.15, -0.1) is 0 Å². The summed E-state index contributed by atoms with van der Waals surface area (Å²) in [6, 6.07) is -1.06. The number of methoxy groups -OCH3 is 1. The Kier molecular flexibility index (Phi) is 6.27. The van der Waals surface area contributed by atoms with Crippen LogP contribution in [0.2, 0.25) is 0 Å². The summed E-state index contributed by atoms with van der Waals surface area (Å²) >= 11 is 0. The summed E-state index contributed by atoms with van der Waals surface area (Å²) in [4.78, 5) is 33.9. The number of nitrogens with one attached hydrogen (secondary N) is 1. The number of carboxylic acids is 1. The summed E-state index contributed by atoms with van der Waals surface area (Å²) in [5.41, 5.74) is 0. The zero-order valence-electron chi connectivity index (χ0n) is 10.9. The fourth-order valence-electron chi connectivity index (χ4n) is 1.87. The molecule has 0 aromatic carbocycles. The molecule has 19 heavy (non-hydrogen) atoms. The molecule has 0 aromatic heterocycles. The minimum absolute atomic E-state index is 0.0248. The lowest BCUT2D eigenvalue weighted by atomic mass is 9.98. The van der Waals surface area contributed by atoms with E-state index < -0.39 is 18.0 Å². The lowest BCUT2D eigenvalue weighted by molar-refractivity contribution is -0.145. The standard InChI is InChI=1S/C12H19NO6/c1-18-10(14)3-2-9(12(16)17)13-11(15)8-4-6-19-7-5-8/h8-9H,2-7H2,1H3,(H,13,15)(H,16,17)/t9-/m0/s1. The van der Waals surface area contributed by atoms with E-state index in [1.54, 1.807) is 0 Å². The molecule has 0 aromatic rings. The number of hydrogen-bond donors (Lipinski definition) is 2. The molecule has 108 valence electrons.